The molecular formula is C25H29N5S. The summed E-state index contributed by atoms with van der Waals surface area (Å²) in [4.78, 5) is 9.07. The second-order valence-electron chi connectivity index (χ2n) is 8.69. The van der Waals surface area contributed by atoms with E-state index in [-0.39, 0.29) is 12.1 Å². The summed E-state index contributed by atoms with van der Waals surface area (Å²) in [6.45, 7) is 0. The normalized spacial score (nSPS) is 21.5. The molecule has 31 heavy (non-hydrogen) atoms. The summed E-state index contributed by atoms with van der Waals surface area (Å²) in [7, 11) is 4.12. The van der Waals surface area contributed by atoms with Gasteiger partial charge in [0.05, 0.1) is 11.7 Å². The number of rotatable bonds is 5. The van der Waals surface area contributed by atoms with Crippen LogP contribution in [-0.2, 0) is 0 Å². The second kappa shape index (κ2) is 8.35. The molecule has 0 bridgehead atoms. The zero-order valence-electron chi connectivity index (χ0n) is 18.1. The minimum Gasteiger partial charge on any atom is -0.378 e. The van der Waals surface area contributed by atoms with Crippen LogP contribution in [0, 0.1) is 0 Å². The fraction of sp³-hybridized carbons (Fsp3) is 0.360. The van der Waals surface area contributed by atoms with Crippen molar-refractivity contribution in [2.45, 2.75) is 43.8 Å². The van der Waals surface area contributed by atoms with E-state index in [1.165, 1.54) is 37.1 Å². The van der Waals surface area contributed by atoms with Gasteiger partial charge in [0.15, 0.2) is 5.11 Å². The molecule has 5 rings (SSSR count). The van der Waals surface area contributed by atoms with Gasteiger partial charge in [-0.25, -0.2) is 0 Å². The first-order chi connectivity index (χ1) is 15.1. The largest absolute Gasteiger partial charge is 0.378 e. The van der Waals surface area contributed by atoms with Crippen molar-refractivity contribution in [2.75, 3.05) is 23.9 Å². The molecule has 1 aliphatic carbocycles. The molecule has 1 aliphatic heterocycles. The van der Waals surface area contributed by atoms with Crippen molar-refractivity contribution < 1.29 is 0 Å². The van der Waals surface area contributed by atoms with Gasteiger partial charge in [0.2, 0.25) is 0 Å². The smallest absolute Gasteiger partial charge is 0.174 e. The molecule has 160 valence electrons. The predicted molar refractivity (Wildman–Crippen MR) is 131 cm³/mol. The minimum absolute atomic E-state index is 0.00252. The Morgan fingerprint density at radius 2 is 1.77 bits per heavy atom. The highest BCUT2D eigenvalue weighted by Gasteiger charge is 2.42. The Hall–Kier alpha value is -2.86. The molecule has 2 aliphatic rings. The molecule has 6 heteroatoms. The van der Waals surface area contributed by atoms with Crippen LogP contribution >= 0.6 is 12.2 Å². The lowest BCUT2D eigenvalue weighted by atomic mass is 10.00. The maximum Gasteiger partial charge on any atom is 0.174 e. The number of thiocarbonyl (C=S) groups is 1. The highest BCUT2D eigenvalue weighted by Crippen LogP contribution is 2.43. The first-order valence-electron chi connectivity index (χ1n) is 11.1. The molecule has 3 heterocycles. The number of nitrogens with zero attached hydrogens (tertiary/aromatic N) is 4. The first-order valence-corrected chi connectivity index (χ1v) is 11.5. The molecule has 2 aromatic heterocycles. The third-order valence-electron chi connectivity index (χ3n) is 6.58. The Kier molecular flexibility index (Phi) is 5.40. The van der Waals surface area contributed by atoms with Gasteiger partial charge in [0.25, 0.3) is 0 Å². The molecule has 0 spiro atoms. The van der Waals surface area contributed by atoms with E-state index in [9.17, 15) is 0 Å². The van der Waals surface area contributed by atoms with Crippen LogP contribution in [0.5, 0.6) is 0 Å². The summed E-state index contributed by atoms with van der Waals surface area (Å²) in [6.07, 6.45) is 9.22. The number of hydrogen-bond donors (Lipinski definition) is 1. The summed E-state index contributed by atoms with van der Waals surface area (Å²) in [5.41, 5.74) is 4.59. The Bertz CT molecular complexity index is 1040. The first kappa shape index (κ1) is 20.1. The number of nitrogens with one attached hydrogen (secondary N) is 1. The lowest BCUT2D eigenvalue weighted by molar-refractivity contribution is 0.461. The van der Waals surface area contributed by atoms with Crippen molar-refractivity contribution in [1.29, 1.82) is 0 Å². The molecule has 0 unspecified atom stereocenters. The number of aromatic nitrogens is 2. The number of benzene rings is 1. The van der Waals surface area contributed by atoms with Crippen molar-refractivity contribution in [1.82, 2.24) is 14.9 Å². The van der Waals surface area contributed by atoms with Gasteiger partial charge in [-0.3, -0.25) is 4.98 Å². The Labute approximate surface area is 189 Å². The van der Waals surface area contributed by atoms with Crippen LogP contribution in [0.3, 0.4) is 0 Å². The van der Waals surface area contributed by atoms with E-state index < -0.39 is 0 Å². The van der Waals surface area contributed by atoms with Crippen molar-refractivity contribution in [2.24, 2.45) is 0 Å². The standard InChI is InChI=1S/C25H29N5S/c1-28(2)18-12-14-20(15-13-18)30-24(22-11-7-17-29(22)19-8-3-4-9-19)23(27-25(30)31)21-10-5-6-16-26-21/h5-7,10-17,19,23-24H,3-4,8-9H2,1-2H3,(H,27,31)/t23-,24+/m1/s1. The fourth-order valence-electron chi connectivity index (χ4n) is 5.02. The Morgan fingerprint density at radius 1 is 1.00 bits per heavy atom. The predicted octanol–water partition coefficient (Wildman–Crippen LogP) is 5.24. The van der Waals surface area contributed by atoms with Gasteiger partial charge in [0.1, 0.15) is 6.04 Å². The monoisotopic (exact) mass is 431 g/mol. The van der Waals surface area contributed by atoms with E-state index in [0.29, 0.717) is 6.04 Å². The highest BCUT2D eigenvalue weighted by molar-refractivity contribution is 7.80. The van der Waals surface area contributed by atoms with E-state index in [4.69, 9.17) is 12.2 Å². The SMILES string of the molecule is CN(C)c1ccc(N2C(=S)N[C@H](c3ccccn3)[C@@H]2c2cccn2C2CCCC2)cc1. The van der Waals surface area contributed by atoms with Crippen LogP contribution in [0.1, 0.15) is 55.2 Å². The second-order valence-corrected chi connectivity index (χ2v) is 9.07. The third-order valence-corrected chi connectivity index (χ3v) is 6.89. The van der Waals surface area contributed by atoms with E-state index in [2.05, 4.69) is 93.5 Å². The third kappa shape index (κ3) is 3.69. The Morgan fingerprint density at radius 3 is 2.45 bits per heavy atom. The van der Waals surface area contributed by atoms with E-state index in [0.717, 1.165) is 16.5 Å². The van der Waals surface area contributed by atoms with Crippen LogP contribution in [0.15, 0.2) is 67.0 Å². The highest BCUT2D eigenvalue weighted by atomic mass is 32.1. The van der Waals surface area contributed by atoms with Crippen molar-refractivity contribution in [3.63, 3.8) is 0 Å². The van der Waals surface area contributed by atoms with E-state index in [1.807, 2.05) is 12.3 Å². The lowest BCUT2D eigenvalue weighted by Crippen LogP contribution is -2.30. The maximum absolute atomic E-state index is 5.88. The topological polar surface area (TPSA) is 36.3 Å². The van der Waals surface area contributed by atoms with Crippen molar-refractivity contribution in [3.8, 4) is 0 Å². The molecule has 1 saturated heterocycles. The van der Waals surface area contributed by atoms with Gasteiger partial charge in [-0.1, -0.05) is 18.9 Å². The lowest BCUT2D eigenvalue weighted by Gasteiger charge is -2.30. The molecule has 2 atom stereocenters. The summed E-state index contributed by atoms with van der Waals surface area (Å²) < 4.78 is 2.49. The van der Waals surface area contributed by atoms with Gasteiger partial charge < -0.3 is 19.7 Å². The molecule has 3 aromatic rings. The summed E-state index contributed by atoms with van der Waals surface area (Å²) >= 11 is 5.88. The average molecular weight is 432 g/mol. The van der Waals surface area contributed by atoms with Gasteiger partial charge in [-0.15, -0.1) is 0 Å². The molecule has 0 radical (unpaired) electrons. The van der Waals surface area contributed by atoms with Crippen molar-refractivity contribution in [3.05, 3.63) is 78.4 Å². The number of pyridine rings is 1. The van der Waals surface area contributed by atoms with Gasteiger partial charge >= 0.3 is 0 Å². The minimum atomic E-state index is -0.00252. The fourth-order valence-corrected chi connectivity index (χ4v) is 5.36. The van der Waals surface area contributed by atoms with Crippen LogP contribution in [-0.4, -0.2) is 28.8 Å². The average Bonchev–Trinajstić information content (AvgIpc) is 3.53. The summed E-state index contributed by atoms with van der Waals surface area (Å²) in [5.74, 6) is 0. The van der Waals surface area contributed by atoms with Crippen LogP contribution in [0.2, 0.25) is 0 Å². The van der Waals surface area contributed by atoms with Crippen molar-refractivity contribution >= 4 is 28.7 Å². The van der Waals surface area contributed by atoms with E-state index >= 15 is 0 Å². The molecule has 5 nitrogen and oxygen atoms in total. The van der Waals surface area contributed by atoms with Gasteiger partial charge in [-0.2, -0.15) is 0 Å². The molecule has 1 saturated carbocycles. The molecule has 1 aromatic carbocycles. The number of hydrogen-bond acceptors (Lipinski definition) is 3. The maximum atomic E-state index is 5.88. The molecule has 1 N–H and O–H groups in total. The van der Waals surface area contributed by atoms with Crippen LogP contribution in [0.25, 0.3) is 0 Å². The van der Waals surface area contributed by atoms with E-state index in [1.54, 1.807) is 0 Å². The Balaban J connectivity index is 1.59. The zero-order valence-corrected chi connectivity index (χ0v) is 18.9. The zero-order chi connectivity index (χ0) is 21.4. The van der Waals surface area contributed by atoms with Crippen LogP contribution < -0.4 is 15.1 Å². The molecule has 0 amide bonds. The summed E-state index contributed by atoms with van der Waals surface area (Å²) in [5, 5.41) is 4.33. The number of anilines is 2. The quantitative estimate of drug-likeness (QED) is 0.559. The van der Waals surface area contributed by atoms with Crippen LogP contribution in [0.4, 0.5) is 11.4 Å². The van der Waals surface area contributed by atoms with Gasteiger partial charge in [0, 0.05) is 49.6 Å². The summed E-state index contributed by atoms with van der Waals surface area (Å²) in [6, 6.07) is 19.8. The van der Waals surface area contributed by atoms with Gasteiger partial charge in [-0.05, 0) is 73.6 Å². The molecular weight excluding hydrogens is 402 g/mol. The molecule has 2 fully saturated rings.